The molecule has 0 aliphatic rings. The lowest BCUT2D eigenvalue weighted by Gasteiger charge is -2.01. The highest BCUT2D eigenvalue weighted by Gasteiger charge is 2.13. The number of fused-ring (bicyclic) bond motifs is 1. The normalized spacial score (nSPS) is 10.9. The predicted molar refractivity (Wildman–Crippen MR) is 59.0 cm³/mol. The average molecular weight is 250 g/mol. The van der Waals surface area contributed by atoms with E-state index < -0.39 is 5.82 Å². The molecule has 3 aromatic heterocycles. The van der Waals surface area contributed by atoms with Crippen LogP contribution in [0.5, 0.6) is 0 Å². The molecule has 17 heavy (non-hydrogen) atoms. The van der Waals surface area contributed by atoms with Crippen molar-refractivity contribution >= 4 is 17.2 Å². The van der Waals surface area contributed by atoms with Gasteiger partial charge < -0.3 is 0 Å². The van der Waals surface area contributed by atoms with E-state index in [0.717, 1.165) is 6.20 Å². The number of rotatable bonds is 1. The van der Waals surface area contributed by atoms with E-state index in [1.165, 1.54) is 10.7 Å². The molecule has 0 amide bonds. The lowest BCUT2D eigenvalue weighted by atomic mass is 10.3. The molecule has 0 atom stereocenters. The Morgan fingerprint density at radius 3 is 3.00 bits per heavy atom. The second-order valence-electron chi connectivity index (χ2n) is 3.27. The molecule has 0 aliphatic carbocycles. The maximum absolute atomic E-state index is 13.6. The summed E-state index contributed by atoms with van der Waals surface area (Å²) in [5.74, 6) is -0.568. The Morgan fingerprint density at radius 2 is 2.12 bits per heavy atom. The maximum Gasteiger partial charge on any atom is 0.223 e. The fourth-order valence-electron chi connectivity index (χ4n) is 1.52. The van der Waals surface area contributed by atoms with Crippen molar-refractivity contribution in [3.63, 3.8) is 0 Å². The Kier molecular flexibility index (Phi) is 2.22. The molecule has 3 rings (SSSR count). The number of imidazole rings is 1. The van der Waals surface area contributed by atoms with Gasteiger partial charge >= 0.3 is 0 Å². The van der Waals surface area contributed by atoms with Crippen LogP contribution in [0.3, 0.4) is 0 Å². The quantitative estimate of drug-likeness (QED) is 0.619. The van der Waals surface area contributed by atoms with Crippen LogP contribution in [-0.2, 0) is 0 Å². The zero-order valence-electron chi connectivity index (χ0n) is 8.38. The molecule has 0 aromatic carbocycles. The summed E-state index contributed by atoms with van der Waals surface area (Å²) in [5, 5.41) is 4.05. The van der Waals surface area contributed by atoms with Crippen molar-refractivity contribution in [2.45, 2.75) is 0 Å². The van der Waals surface area contributed by atoms with Gasteiger partial charge in [-0.1, -0.05) is 0 Å². The SMILES string of the molecule is Fc1cnc(Cl)nc1-c1cnc2cccnn12. The first-order chi connectivity index (χ1) is 8.25. The summed E-state index contributed by atoms with van der Waals surface area (Å²) in [6.45, 7) is 0. The Balaban J connectivity index is 2.31. The Bertz CT molecular complexity index is 696. The summed E-state index contributed by atoms with van der Waals surface area (Å²) < 4.78 is 15.1. The molecule has 0 radical (unpaired) electrons. The lowest BCUT2D eigenvalue weighted by molar-refractivity contribution is 0.616. The molecule has 0 bridgehead atoms. The minimum Gasteiger partial charge on any atom is -0.235 e. The third-order valence-electron chi connectivity index (χ3n) is 2.24. The molecule has 0 spiro atoms. The van der Waals surface area contributed by atoms with Crippen LogP contribution in [0.4, 0.5) is 4.39 Å². The molecule has 0 saturated heterocycles. The van der Waals surface area contributed by atoms with Crippen molar-refractivity contribution in [2.75, 3.05) is 0 Å². The molecule has 84 valence electrons. The molecule has 5 nitrogen and oxygen atoms in total. The summed E-state index contributed by atoms with van der Waals surface area (Å²) in [7, 11) is 0. The fraction of sp³-hybridized carbons (Fsp3) is 0. The molecule has 7 heteroatoms. The standard InChI is InChI=1S/C10H5ClFN5/c11-10-14-4-6(12)9(16-10)7-5-13-8-2-1-3-15-17(7)8/h1-5H. The van der Waals surface area contributed by atoms with Gasteiger partial charge in [0.05, 0.1) is 12.4 Å². The summed E-state index contributed by atoms with van der Waals surface area (Å²) in [4.78, 5) is 11.5. The van der Waals surface area contributed by atoms with E-state index >= 15 is 0 Å². The van der Waals surface area contributed by atoms with Crippen molar-refractivity contribution in [1.82, 2.24) is 24.6 Å². The van der Waals surface area contributed by atoms with Crippen molar-refractivity contribution in [3.8, 4) is 11.4 Å². The fourth-order valence-corrected chi connectivity index (χ4v) is 1.65. The molecule has 3 aromatic rings. The highest BCUT2D eigenvalue weighted by atomic mass is 35.5. The number of nitrogens with zero attached hydrogens (tertiary/aromatic N) is 5. The Hall–Kier alpha value is -2.08. The van der Waals surface area contributed by atoms with Crippen LogP contribution < -0.4 is 0 Å². The first kappa shape index (κ1) is 10.1. The van der Waals surface area contributed by atoms with E-state index in [0.29, 0.717) is 11.3 Å². The van der Waals surface area contributed by atoms with Crippen molar-refractivity contribution in [2.24, 2.45) is 0 Å². The van der Waals surface area contributed by atoms with Crippen LogP contribution in [0, 0.1) is 5.82 Å². The maximum atomic E-state index is 13.6. The molecule has 0 unspecified atom stereocenters. The van der Waals surface area contributed by atoms with Crippen molar-refractivity contribution in [1.29, 1.82) is 0 Å². The highest BCUT2D eigenvalue weighted by molar-refractivity contribution is 6.28. The van der Waals surface area contributed by atoms with Gasteiger partial charge in [-0.2, -0.15) is 5.10 Å². The third-order valence-corrected chi connectivity index (χ3v) is 2.42. The highest BCUT2D eigenvalue weighted by Crippen LogP contribution is 2.21. The first-order valence-corrected chi connectivity index (χ1v) is 5.10. The van der Waals surface area contributed by atoms with Gasteiger partial charge in [0.1, 0.15) is 11.4 Å². The summed E-state index contributed by atoms with van der Waals surface area (Å²) in [6, 6.07) is 3.51. The van der Waals surface area contributed by atoms with E-state index in [1.54, 1.807) is 18.3 Å². The molecule has 0 N–H and O–H groups in total. The van der Waals surface area contributed by atoms with Gasteiger partial charge in [0, 0.05) is 6.20 Å². The minimum atomic E-state index is -0.568. The predicted octanol–water partition coefficient (Wildman–Crippen LogP) is 1.98. The largest absolute Gasteiger partial charge is 0.235 e. The van der Waals surface area contributed by atoms with Gasteiger partial charge in [0.2, 0.25) is 5.28 Å². The Labute approximate surface area is 99.9 Å². The second-order valence-corrected chi connectivity index (χ2v) is 3.61. The van der Waals surface area contributed by atoms with E-state index in [-0.39, 0.29) is 11.0 Å². The van der Waals surface area contributed by atoms with Gasteiger partial charge in [0.15, 0.2) is 11.5 Å². The second kappa shape index (κ2) is 3.74. The van der Waals surface area contributed by atoms with Crippen LogP contribution in [0.1, 0.15) is 0 Å². The average Bonchev–Trinajstić information content (AvgIpc) is 2.76. The van der Waals surface area contributed by atoms with Crippen LogP contribution in [0.2, 0.25) is 5.28 Å². The summed E-state index contributed by atoms with van der Waals surface area (Å²) in [6.07, 6.45) is 4.09. The van der Waals surface area contributed by atoms with Gasteiger partial charge in [-0.25, -0.2) is 23.9 Å². The van der Waals surface area contributed by atoms with Gasteiger partial charge in [-0.05, 0) is 23.7 Å². The molecule has 0 fully saturated rings. The molecular weight excluding hydrogens is 245 g/mol. The first-order valence-electron chi connectivity index (χ1n) is 4.73. The third kappa shape index (κ3) is 1.62. The molecule has 0 saturated carbocycles. The monoisotopic (exact) mass is 249 g/mol. The number of hydrogen-bond acceptors (Lipinski definition) is 4. The number of hydrogen-bond donors (Lipinski definition) is 0. The van der Waals surface area contributed by atoms with E-state index in [2.05, 4.69) is 20.1 Å². The van der Waals surface area contributed by atoms with Gasteiger partial charge in [-0.3, -0.25) is 0 Å². The van der Waals surface area contributed by atoms with Gasteiger partial charge in [-0.15, -0.1) is 0 Å². The topological polar surface area (TPSA) is 56.0 Å². The van der Waals surface area contributed by atoms with Crippen LogP contribution in [0.15, 0.2) is 30.7 Å². The summed E-state index contributed by atoms with van der Waals surface area (Å²) >= 11 is 5.65. The van der Waals surface area contributed by atoms with Crippen LogP contribution >= 0.6 is 11.6 Å². The minimum absolute atomic E-state index is 0.0210. The van der Waals surface area contributed by atoms with Crippen molar-refractivity contribution < 1.29 is 4.39 Å². The van der Waals surface area contributed by atoms with E-state index in [1.807, 2.05) is 0 Å². The van der Waals surface area contributed by atoms with Crippen LogP contribution in [-0.4, -0.2) is 24.6 Å². The zero-order chi connectivity index (χ0) is 11.8. The van der Waals surface area contributed by atoms with E-state index in [9.17, 15) is 4.39 Å². The smallest absolute Gasteiger partial charge is 0.223 e. The molecule has 0 aliphatic heterocycles. The van der Waals surface area contributed by atoms with Gasteiger partial charge in [0.25, 0.3) is 0 Å². The zero-order valence-corrected chi connectivity index (χ0v) is 9.13. The van der Waals surface area contributed by atoms with E-state index in [4.69, 9.17) is 11.6 Å². The molecular formula is C10H5ClFN5. The number of halogens is 2. The lowest BCUT2D eigenvalue weighted by Crippen LogP contribution is -1.98. The summed E-state index contributed by atoms with van der Waals surface area (Å²) in [5.41, 5.74) is 1.12. The van der Waals surface area contributed by atoms with Crippen LogP contribution in [0.25, 0.3) is 17.0 Å². The molecule has 3 heterocycles. The number of aromatic nitrogens is 5. The Morgan fingerprint density at radius 1 is 1.24 bits per heavy atom. The van der Waals surface area contributed by atoms with Crippen molar-refractivity contribution in [3.05, 3.63) is 41.8 Å².